The topological polar surface area (TPSA) is 43.8 Å². The lowest BCUT2D eigenvalue weighted by atomic mass is 10.1. The average Bonchev–Trinajstić information content (AvgIpc) is 2.68. The number of halogens is 1. The van der Waals surface area contributed by atoms with Gasteiger partial charge < -0.3 is 10.3 Å². The van der Waals surface area contributed by atoms with Gasteiger partial charge in [-0.2, -0.15) is 0 Å². The Bertz CT molecular complexity index is 729. The molecule has 0 bridgehead atoms. The molecule has 0 aliphatic rings. The number of aromatic nitrogens is 2. The summed E-state index contributed by atoms with van der Waals surface area (Å²) in [5, 5.41) is 0. The Labute approximate surface area is 120 Å². The van der Waals surface area contributed by atoms with Crippen LogP contribution in [0.4, 0.5) is 5.69 Å². The Morgan fingerprint density at radius 1 is 1.16 bits per heavy atom. The molecule has 0 atom stereocenters. The maximum absolute atomic E-state index is 5.70. The summed E-state index contributed by atoms with van der Waals surface area (Å²) >= 11 is 3.48. The number of benzene rings is 2. The summed E-state index contributed by atoms with van der Waals surface area (Å²) in [7, 11) is 2.05. The Morgan fingerprint density at radius 3 is 2.63 bits per heavy atom. The van der Waals surface area contributed by atoms with E-state index in [0.717, 1.165) is 33.4 Å². The molecule has 0 saturated carbocycles. The van der Waals surface area contributed by atoms with Crippen LogP contribution in [0.1, 0.15) is 11.4 Å². The van der Waals surface area contributed by atoms with Crippen LogP contribution >= 0.6 is 15.9 Å². The molecule has 3 nitrogen and oxygen atoms in total. The number of hydrogen-bond donors (Lipinski definition) is 1. The van der Waals surface area contributed by atoms with Crippen LogP contribution in [0.25, 0.3) is 11.0 Å². The summed E-state index contributed by atoms with van der Waals surface area (Å²) in [6.45, 7) is 0. The summed E-state index contributed by atoms with van der Waals surface area (Å²) < 4.78 is 3.19. The molecular formula is C15H14BrN3. The normalized spacial score (nSPS) is 11.1. The summed E-state index contributed by atoms with van der Waals surface area (Å²) in [6, 6.07) is 14.1. The first-order valence-corrected chi connectivity index (χ1v) is 6.88. The van der Waals surface area contributed by atoms with Gasteiger partial charge in [0.05, 0.1) is 11.0 Å². The van der Waals surface area contributed by atoms with Gasteiger partial charge in [-0.1, -0.05) is 28.1 Å². The van der Waals surface area contributed by atoms with E-state index in [9.17, 15) is 0 Å². The molecule has 2 N–H and O–H groups in total. The molecule has 0 spiro atoms. The van der Waals surface area contributed by atoms with Crippen molar-refractivity contribution in [2.24, 2.45) is 7.05 Å². The van der Waals surface area contributed by atoms with Gasteiger partial charge in [-0.3, -0.25) is 0 Å². The highest BCUT2D eigenvalue weighted by Crippen LogP contribution is 2.21. The Kier molecular flexibility index (Phi) is 3.03. The molecule has 0 radical (unpaired) electrons. The van der Waals surface area contributed by atoms with Gasteiger partial charge in [0, 0.05) is 23.6 Å². The number of hydrogen-bond acceptors (Lipinski definition) is 2. The third-order valence-corrected chi connectivity index (χ3v) is 3.77. The van der Waals surface area contributed by atoms with Gasteiger partial charge >= 0.3 is 0 Å². The van der Waals surface area contributed by atoms with Crippen molar-refractivity contribution in [3.8, 4) is 0 Å². The molecule has 19 heavy (non-hydrogen) atoms. The Morgan fingerprint density at radius 2 is 1.89 bits per heavy atom. The summed E-state index contributed by atoms with van der Waals surface area (Å²) in [5.74, 6) is 1.05. The quantitative estimate of drug-likeness (QED) is 0.735. The smallest absolute Gasteiger partial charge is 0.114 e. The zero-order valence-corrected chi connectivity index (χ0v) is 12.2. The molecule has 1 heterocycles. The number of anilines is 1. The third-order valence-electron chi connectivity index (χ3n) is 3.28. The molecule has 0 fully saturated rings. The number of nitrogens with two attached hydrogens (primary N) is 1. The van der Waals surface area contributed by atoms with Crippen molar-refractivity contribution in [1.29, 1.82) is 0 Å². The highest BCUT2D eigenvalue weighted by Gasteiger charge is 2.08. The molecule has 0 aliphatic heterocycles. The molecule has 2 aromatic carbocycles. The van der Waals surface area contributed by atoms with Crippen molar-refractivity contribution in [2.75, 3.05) is 5.73 Å². The van der Waals surface area contributed by atoms with E-state index in [1.165, 1.54) is 5.56 Å². The highest BCUT2D eigenvalue weighted by molar-refractivity contribution is 9.10. The summed E-state index contributed by atoms with van der Waals surface area (Å²) in [4.78, 5) is 4.69. The summed E-state index contributed by atoms with van der Waals surface area (Å²) in [5.41, 5.74) is 9.87. The Balaban J connectivity index is 2.01. The number of nitrogens with zero attached hydrogens (tertiary/aromatic N) is 2. The molecule has 3 rings (SSSR count). The fraction of sp³-hybridized carbons (Fsp3) is 0.133. The summed E-state index contributed by atoms with van der Waals surface area (Å²) in [6.07, 6.45) is 0.809. The number of rotatable bonds is 2. The minimum atomic E-state index is 0.790. The fourth-order valence-electron chi connectivity index (χ4n) is 2.20. The van der Waals surface area contributed by atoms with Crippen LogP contribution in [-0.4, -0.2) is 9.55 Å². The zero-order chi connectivity index (χ0) is 13.4. The van der Waals surface area contributed by atoms with Crippen molar-refractivity contribution in [3.63, 3.8) is 0 Å². The van der Waals surface area contributed by atoms with E-state index in [2.05, 4.69) is 33.6 Å². The number of nitrogen functional groups attached to an aromatic ring is 1. The lowest BCUT2D eigenvalue weighted by molar-refractivity contribution is 0.845. The standard InChI is InChI=1S/C15H14BrN3/c1-19-14-7-4-11(16)9-13(14)18-15(19)8-10-2-5-12(17)6-3-10/h2-7,9H,8,17H2,1H3. The second-order valence-electron chi connectivity index (χ2n) is 4.64. The predicted molar refractivity (Wildman–Crippen MR) is 82.1 cm³/mol. The molecular weight excluding hydrogens is 302 g/mol. The molecule has 1 aromatic heterocycles. The van der Waals surface area contributed by atoms with Gasteiger partial charge in [0.25, 0.3) is 0 Å². The molecule has 4 heteroatoms. The first-order chi connectivity index (χ1) is 9.13. The van der Waals surface area contributed by atoms with Crippen LogP contribution < -0.4 is 5.73 Å². The van der Waals surface area contributed by atoms with Gasteiger partial charge in [0.15, 0.2) is 0 Å². The van der Waals surface area contributed by atoms with E-state index in [1.807, 2.05) is 36.4 Å². The van der Waals surface area contributed by atoms with Crippen molar-refractivity contribution >= 4 is 32.7 Å². The predicted octanol–water partition coefficient (Wildman–Crippen LogP) is 3.51. The monoisotopic (exact) mass is 315 g/mol. The van der Waals surface area contributed by atoms with Crippen molar-refractivity contribution < 1.29 is 0 Å². The van der Waals surface area contributed by atoms with E-state index >= 15 is 0 Å². The molecule has 0 unspecified atom stereocenters. The van der Waals surface area contributed by atoms with Gasteiger partial charge in [-0.15, -0.1) is 0 Å². The van der Waals surface area contributed by atoms with E-state index in [-0.39, 0.29) is 0 Å². The highest BCUT2D eigenvalue weighted by atomic mass is 79.9. The van der Waals surface area contributed by atoms with Crippen LogP contribution in [0.15, 0.2) is 46.9 Å². The molecule has 0 saturated heterocycles. The van der Waals surface area contributed by atoms with E-state index in [0.29, 0.717) is 0 Å². The van der Waals surface area contributed by atoms with Gasteiger partial charge in [-0.05, 0) is 35.9 Å². The van der Waals surface area contributed by atoms with Crippen LogP contribution in [0.2, 0.25) is 0 Å². The van der Waals surface area contributed by atoms with E-state index in [1.54, 1.807) is 0 Å². The van der Waals surface area contributed by atoms with Gasteiger partial charge in [0.1, 0.15) is 5.82 Å². The SMILES string of the molecule is Cn1c(Cc2ccc(N)cc2)nc2cc(Br)ccc21. The molecule has 0 aliphatic carbocycles. The van der Waals surface area contributed by atoms with Crippen molar-refractivity contribution in [1.82, 2.24) is 9.55 Å². The first kappa shape index (κ1) is 12.2. The minimum absolute atomic E-state index is 0.790. The van der Waals surface area contributed by atoms with E-state index < -0.39 is 0 Å². The van der Waals surface area contributed by atoms with E-state index in [4.69, 9.17) is 10.7 Å². The fourth-order valence-corrected chi connectivity index (χ4v) is 2.55. The number of fused-ring (bicyclic) bond motifs is 1. The van der Waals surface area contributed by atoms with Crippen molar-refractivity contribution in [2.45, 2.75) is 6.42 Å². The lowest BCUT2D eigenvalue weighted by Crippen LogP contribution is -1.99. The minimum Gasteiger partial charge on any atom is -0.399 e. The Hall–Kier alpha value is -1.81. The maximum Gasteiger partial charge on any atom is 0.114 e. The molecule has 96 valence electrons. The van der Waals surface area contributed by atoms with Crippen LogP contribution in [-0.2, 0) is 13.5 Å². The first-order valence-electron chi connectivity index (χ1n) is 6.09. The van der Waals surface area contributed by atoms with Gasteiger partial charge in [0.2, 0.25) is 0 Å². The van der Waals surface area contributed by atoms with Gasteiger partial charge in [-0.25, -0.2) is 4.98 Å². The number of imidazole rings is 1. The lowest BCUT2D eigenvalue weighted by Gasteiger charge is -2.03. The van der Waals surface area contributed by atoms with Crippen LogP contribution in [0, 0.1) is 0 Å². The molecule has 3 aromatic rings. The second kappa shape index (κ2) is 4.70. The molecule has 0 amide bonds. The average molecular weight is 316 g/mol. The van der Waals surface area contributed by atoms with Crippen LogP contribution in [0.3, 0.4) is 0 Å². The van der Waals surface area contributed by atoms with Crippen LogP contribution in [0.5, 0.6) is 0 Å². The largest absolute Gasteiger partial charge is 0.399 e. The number of aryl methyl sites for hydroxylation is 1. The maximum atomic E-state index is 5.70. The second-order valence-corrected chi connectivity index (χ2v) is 5.55. The third kappa shape index (κ3) is 2.36. The van der Waals surface area contributed by atoms with Crippen molar-refractivity contribution in [3.05, 3.63) is 58.3 Å². The zero-order valence-electron chi connectivity index (χ0n) is 10.6.